The van der Waals surface area contributed by atoms with E-state index >= 15 is 0 Å². The molecule has 108 valence electrons. The summed E-state index contributed by atoms with van der Waals surface area (Å²) in [6.07, 6.45) is 0. The molecule has 0 aliphatic rings. The number of rotatable bonds is 3. The van der Waals surface area contributed by atoms with E-state index < -0.39 is 0 Å². The third-order valence-electron chi connectivity index (χ3n) is 3.82. The van der Waals surface area contributed by atoms with Crippen LogP contribution in [0.5, 0.6) is 5.75 Å². The highest BCUT2D eigenvalue weighted by Crippen LogP contribution is 2.30. The van der Waals surface area contributed by atoms with Crippen molar-refractivity contribution in [3.63, 3.8) is 0 Å². The lowest BCUT2D eigenvalue weighted by molar-refractivity contribution is 0.414. The van der Waals surface area contributed by atoms with E-state index in [0.717, 1.165) is 28.0 Å². The zero-order valence-electron chi connectivity index (χ0n) is 12.5. The molecule has 21 heavy (non-hydrogen) atoms. The fourth-order valence-corrected chi connectivity index (χ4v) is 2.56. The molecule has 3 heteroatoms. The zero-order valence-corrected chi connectivity index (χ0v) is 12.5. The molecule has 1 aromatic heterocycles. The first-order chi connectivity index (χ1) is 10.1. The van der Waals surface area contributed by atoms with Gasteiger partial charge >= 0.3 is 0 Å². The van der Waals surface area contributed by atoms with Crippen LogP contribution in [0.1, 0.15) is 28.5 Å². The average molecular weight is 281 g/mol. The van der Waals surface area contributed by atoms with Crippen LogP contribution in [0.15, 0.2) is 46.9 Å². The highest BCUT2D eigenvalue weighted by Gasteiger charge is 2.16. The molecule has 1 heterocycles. The van der Waals surface area contributed by atoms with Crippen molar-refractivity contribution in [3.05, 3.63) is 64.9 Å². The summed E-state index contributed by atoms with van der Waals surface area (Å²) in [5, 5.41) is 1.03. The van der Waals surface area contributed by atoms with Crippen molar-refractivity contribution in [2.75, 3.05) is 7.11 Å². The van der Waals surface area contributed by atoms with Crippen molar-refractivity contribution in [3.8, 4) is 5.75 Å². The Balaban J connectivity index is 2.04. The van der Waals surface area contributed by atoms with E-state index in [4.69, 9.17) is 14.9 Å². The van der Waals surface area contributed by atoms with Gasteiger partial charge in [0.05, 0.1) is 13.2 Å². The summed E-state index contributed by atoms with van der Waals surface area (Å²) in [6, 6.07) is 13.8. The molecule has 1 atom stereocenters. The normalized spacial score (nSPS) is 12.6. The number of furan rings is 1. The topological polar surface area (TPSA) is 48.4 Å². The zero-order chi connectivity index (χ0) is 15.0. The lowest BCUT2D eigenvalue weighted by Gasteiger charge is -2.13. The standard InChI is InChI=1S/C18H19NO2/c1-11-4-5-12(2)15(8-11)18(19)17-9-13-6-7-14(20-3)10-16(13)21-17/h4-10,18H,19H2,1-3H3. The van der Waals surface area contributed by atoms with Crippen molar-refractivity contribution < 1.29 is 9.15 Å². The van der Waals surface area contributed by atoms with Gasteiger partial charge in [0.25, 0.3) is 0 Å². The van der Waals surface area contributed by atoms with Crippen LogP contribution in [-0.4, -0.2) is 7.11 Å². The van der Waals surface area contributed by atoms with Crippen LogP contribution in [0.4, 0.5) is 0 Å². The Morgan fingerprint density at radius 1 is 1.05 bits per heavy atom. The van der Waals surface area contributed by atoms with Crippen LogP contribution in [-0.2, 0) is 0 Å². The Hall–Kier alpha value is -2.26. The number of hydrogen-bond donors (Lipinski definition) is 1. The van der Waals surface area contributed by atoms with E-state index in [1.54, 1.807) is 7.11 Å². The number of benzene rings is 2. The van der Waals surface area contributed by atoms with Gasteiger partial charge in [-0.2, -0.15) is 0 Å². The van der Waals surface area contributed by atoms with E-state index in [1.165, 1.54) is 11.1 Å². The number of fused-ring (bicyclic) bond motifs is 1. The Labute approximate surface area is 124 Å². The number of ether oxygens (including phenoxy) is 1. The highest BCUT2D eigenvalue weighted by molar-refractivity contribution is 5.79. The predicted molar refractivity (Wildman–Crippen MR) is 84.7 cm³/mol. The van der Waals surface area contributed by atoms with Crippen molar-refractivity contribution in [2.24, 2.45) is 5.73 Å². The summed E-state index contributed by atoms with van der Waals surface area (Å²) in [5.74, 6) is 1.55. The van der Waals surface area contributed by atoms with Crippen LogP contribution >= 0.6 is 0 Å². The lowest BCUT2D eigenvalue weighted by atomic mass is 9.98. The third kappa shape index (κ3) is 2.52. The van der Waals surface area contributed by atoms with E-state index in [-0.39, 0.29) is 6.04 Å². The molecular weight excluding hydrogens is 262 g/mol. The second kappa shape index (κ2) is 5.26. The molecule has 0 amide bonds. The Morgan fingerprint density at radius 3 is 2.62 bits per heavy atom. The molecule has 0 fully saturated rings. The van der Waals surface area contributed by atoms with Crippen molar-refractivity contribution >= 4 is 11.0 Å². The third-order valence-corrected chi connectivity index (χ3v) is 3.82. The molecule has 0 saturated carbocycles. The number of hydrogen-bond acceptors (Lipinski definition) is 3. The smallest absolute Gasteiger partial charge is 0.138 e. The first kappa shape index (κ1) is 13.7. The van der Waals surface area contributed by atoms with Crippen molar-refractivity contribution in [2.45, 2.75) is 19.9 Å². The van der Waals surface area contributed by atoms with Gasteiger partial charge in [-0.25, -0.2) is 0 Å². The van der Waals surface area contributed by atoms with E-state index in [0.29, 0.717) is 0 Å². The molecule has 0 radical (unpaired) electrons. The minimum Gasteiger partial charge on any atom is -0.497 e. The van der Waals surface area contributed by atoms with E-state index in [9.17, 15) is 0 Å². The van der Waals surface area contributed by atoms with Gasteiger partial charge in [0, 0.05) is 11.5 Å². The van der Waals surface area contributed by atoms with Gasteiger partial charge in [-0.15, -0.1) is 0 Å². The van der Waals surface area contributed by atoms with Gasteiger partial charge < -0.3 is 14.9 Å². The SMILES string of the molecule is COc1ccc2cc(C(N)c3cc(C)ccc3C)oc2c1. The first-order valence-electron chi connectivity index (χ1n) is 6.98. The Morgan fingerprint density at radius 2 is 1.86 bits per heavy atom. The number of nitrogens with two attached hydrogens (primary N) is 1. The summed E-state index contributed by atoms with van der Waals surface area (Å²) in [5.41, 5.74) is 10.7. The monoisotopic (exact) mass is 281 g/mol. The van der Waals surface area contributed by atoms with Gasteiger partial charge in [0.15, 0.2) is 0 Å². The molecule has 3 nitrogen and oxygen atoms in total. The maximum Gasteiger partial charge on any atom is 0.138 e. The minimum absolute atomic E-state index is 0.261. The van der Waals surface area contributed by atoms with Crippen molar-refractivity contribution in [1.29, 1.82) is 0 Å². The molecule has 3 aromatic rings. The largest absolute Gasteiger partial charge is 0.497 e. The van der Waals surface area contributed by atoms with Gasteiger partial charge in [0.2, 0.25) is 0 Å². The predicted octanol–water partition coefficient (Wildman–Crippen LogP) is 4.11. The molecule has 2 N–H and O–H groups in total. The Kier molecular flexibility index (Phi) is 3.43. The van der Waals surface area contributed by atoms with Crippen LogP contribution < -0.4 is 10.5 Å². The molecule has 0 aliphatic carbocycles. The van der Waals surface area contributed by atoms with Gasteiger partial charge in [-0.05, 0) is 43.2 Å². The molecule has 3 rings (SSSR count). The van der Waals surface area contributed by atoms with E-state index in [1.807, 2.05) is 24.3 Å². The summed E-state index contributed by atoms with van der Waals surface area (Å²) >= 11 is 0. The second-order valence-corrected chi connectivity index (χ2v) is 5.39. The molecule has 2 aromatic carbocycles. The maximum atomic E-state index is 6.40. The summed E-state index contributed by atoms with van der Waals surface area (Å²) in [7, 11) is 1.65. The molecule has 0 bridgehead atoms. The molecular formula is C18H19NO2. The fourth-order valence-electron chi connectivity index (χ4n) is 2.56. The number of methoxy groups -OCH3 is 1. The van der Waals surface area contributed by atoms with Crippen LogP contribution in [0.3, 0.4) is 0 Å². The summed E-state index contributed by atoms with van der Waals surface area (Å²) in [6.45, 7) is 4.14. The van der Waals surface area contributed by atoms with Crippen molar-refractivity contribution in [1.82, 2.24) is 0 Å². The molecule has 0 aliphatic heterocycles. The first-order valence-corrected chi connectivity index (χ1v) is 6.98. The lowest BCUT2D eigenvalue weighted by Crippen LogP contribution is -2.12. The summed E-state index contributed by atoms with van der Waals surface area (Å²) < 4.78 is 11.1. The average Bonchev–Trinajstić information content (AvgIpc) is 2.91. The van der Waals surface area contributed by atoms with Crippen LogP contribution in [0.25, 0.3) is 11.0 Å². The minimum atomic E-state index is -0.261. The Bertz CT molecular complexity index is 789. The van der Waals surface area contributed by atoms with Crippen LogP contribution in [0, 0.1) is 13.8 Å². The van der Waals surface area contributed by atoms with Gasteiger partial charge in [0.1, 0.15) is 17.1 Å². The van der Waals surface area contributed by atoms with E-state index in [2.05, 4.69) is 32.0 Å². The molecule has 0 spiro atoms. The van der Waals surface area contributed by atoms with Gasteiger partial charge in [-0.3, -0.25) is 0 Å². The molecule has 0 saturated heterocycles. The maximum absolute atomic E-state index is 6.40. The quantitative estimate of drug-likeness (QED) is 0.786. The van der Waals surface area contributed by atoms with Crippen LogP contribution in [0.2, 0.25) is 0 Å². The molecule has 1 unspecified atom stereocenters. The van der Waals surface area contributed by atoms with Gasteiger partial charge in [-0.1, -0.05) is 23.8 Å². The summed E-state index contributed by atoms with van der Waals surface area (Å²) in [4.78, 5) is 0. The fraction of sp³-hybridized carbons (Fsp3) is 0.222. The second-order valence-electron chi connectivity index (χ2n) is 5.39. The highest BCUT2D eigenvalue weighted by atomic mass is 16.5. The number of aryl methyl sites for hydroxylation is 2.